The Morgan fingerprint density at radius 1 is 1.29 bits per heavy atom. The number of nitrogens with one attached hydrogen (secondary N) is 1. The van der Waals surface area contributed by atoms with Gasteiger partial charge in [0.15, 0.2) is 0 Å². The summed E-state index contributed by atoms with van der Waals surface area (Å²) in [6.45, 7) is 5.96. The monoisotopic (exact) mass is 331 g/mol. The third kappa shape index (κ3) is 7.16. The minimum absolute atomic E-state index is 0.104. The molecule has 24 heavy (non-hydrogen) atoms. The van der Waals surface area contributed by atoms with Crippen molar-refractivity contribution in [3.63, 3.8) is 0 Å². The van der Waals surface area contributed by atoms with E-state index in [-0.39, 0.29) is 5.91 Å². The van der Waals surface area contributed by atoms with Crippen LogP contribution in [0.5, 0.6) is 0 Å². The molecule has 0 aromatic heterocycles. The van der Waals surface area contributed by atoms with Crippen LogP contribution in [0.4, 0.5) is 0 Å². The minimum Gasteiger partial charge on any atom is -0.388 e. The molecule has 1 aromatic carbocycles. The van der Waals surface area contributed by atoms with Crippen molar-refractivity contribution in [3.05, 3.63) is 35.4 Å². The number of hydrogen-bond donors (Lipinski definition) is 3. The molecule has 0 aliphatic rings. The van der Waals surface area contributed by atoms with Gasteiger partial charge in [0, 0.05) is 19.0 Å². The molecule has 4 heteroatoms. The Morgan fingerprint density at radius 3 is 2.54 bits per heavy atom. The number of aliphatic hydroxyl groups is 2. The lowest BCUT2D eigenvalue weighted by Crippen LogP contribution is -2.25. The van der Waals surface area contributed by atoms with Crippen molar-refractivity contribution in [3.8, 4) is 11.8 Å². The van der Waals surface area contributed by atoms with Gasteiger partial charge in [-0.25, -0.2) is 0 Å². The van der Waals surface area contributed by atoms with Gasteiger partial charge in [-0.3, -0.25) is 4.79 Å². The average molecular weight is 331 g/mol. The van der Waals surface area contributed by atoms with E-state index in [2.05, 4.69) is 17.2 Å². The number of aliphatic hydroxyl groups excluding tert-OH is 1. The fraction of sp³-hybridized carbons (Fsp3) is 0.550. The Bertz CT molecular complexity index is 580. The number of carbonyl (C=O) groups excluding carboxylic acids is 1. The number of hydrogen-bond acceptors (Lipinski definition) is 3. The Morgan fingerprint density at radius 2 is 1.96 bits per heavy atom. The van der Waals surface area contributed by atoms with Crippen LogP contribution in [-0.2, 0) is 4.79 Å². The van der Waals surface area contributed by atoms with Crippen molar-refractivity contribution in [2.24, 2.45) is 0 Å². The topological polar surface area (TPSA) is 69.6 Å². The van der Waals surface area contributed by atoms with Crippen LogP contribution in [0.25, 0.3) is 0 Å². The van der Waals surface area contributed by atoms with E-state index in [9.17, 15) is 15.0 Å². The van der Waals surface area contributed by atoms with Gasteiger partial charge in [0.1, 0.15) is 5.60 Å². The molecule has 0 fully saturated rings. The van der Waals surface area contributed by atoms with Gasteiger partial charge in [-0.1, -0.05) is 50.7 Å². The van der Waals surface area contributed by atoms with E-state index in [0.717, 1.165) is 24.0 Å². The van der Waals surface area contributed by atoms with Crippen LogP contribution in [0.2, 0.25) is 0 Å². The first-order chi connectivity index (χ1) is 11.4. The summed E-state index contributed by atoms with van der Waals surface area (Å²) < 4.78 is 0. The van der Waals surface area contributed by atoms with Gasteiger partial charge < -0.3 is 15.5 Å². The SMILES string of the molecule is CCCC(O)(C#Cc1cccc(C(O)CCNC(C)=O)c1)CCC. The van der Waals surface area contributed by atoms with Crippen molar-refractivity contribution in [1.29, 1.82) is 0 Å². The van der Waals surface area contributed by atoms with Crippen LogP contribution in [0.3, 0.4) is 0 Å². The molecular weight excluding hydrogens is 302 g/mol. The second-order valence-electron chi connectivity index (χ2n) is 6.19. The average Bonchev–Trinajstić information content (AvgIpc) is 2.53. The summed E-state index contributed by atoms with van der Waals surface area (Å²) in [5, 5.41) is 23.4. The molecule has 132 valence electrons. The van der Waals surface area contributed by atoms with E-state index in [4.69, 9.17) is 0 Å². The zero-order valence-electron chi connectivity index (χ0n) is 14.9. The van der Waals surface area contributed by atoms with E-state index in [1.165, 1.54) is 6.92 Å². The van der Waals surface area contributed by atoms with Crippen molar-refractivity contribution >= 4 is 5.91 Å². The summed E-state index contributed by atoms with van der Waals surface area (Å²) in [4.78, 5) is 10.9. The van der Waals surface area contributed by atoms with Crippen molar-refractivity contribution in [1.82, 2.24) is 5.32 Å². The standard InChI is InChI=1S/C20H29NO3/c1-4-11-20(24,12-5-2)13-9-17-7-6-8-18(15-17)19(23)10-14-21-16(3)22/h6-8,15,19,23-24H,4-5,10-12,14H2,1-3H3,(H,21,22). The highest BCUT2D eigenvalue weighted by atomic mass is 16.3. The summed E-state index contributed by atoms with van der Waals surface area (Å²) in [6.07, 6.45) is 2.88. The Labute approximate surface area is 145 Å². The van der Waals surface area contributed by atoms with Gasteiger partial charge in [-0.15, -0.1) is 0 Å². The zero-order chi connectivity index (χ0) is 18.0. The number of rotatable bonds is 8. The van der Waals surface area contributed by atoms with Gasteiger partial charge in [-0.05, 0) is 37.0 Å². The molecule has 4 nitrogen and oxygen atoms in total. The molecule has 0 heterocycles. The number of benzene rings is 1. The maximum atomic E-state index is 10.9. The van der Waals surface area contributed by atoms with Gasteiger partial charge in [0.2, 0.25) is 5.91 Å². The molecule has 1 unspecified atom stereocenters. The highest BCUT2D eigenvalue weighted by Crippen LogP contribution is 2.20. The molecule has 3 N–H and O–H groups in total. The predicted octanol–water partition coefficient (Wildman–Crippen LogP) is 2.93. The van der Waals surface area contributed by atoms with Gasteiger partial charge in [0.25, 0.3) is 0 Å². The summed E-state index contributed by atoms with van der Waals surface area (Å²) in [6, 6.07) is 7.40. The van der Waals surface area contributed by atoms with Gasteiger partial charge in [0.05, 0.1) is 6.10 Å². The highest BCUT2D eigenvalue weighted by Gasteiger charge is 2.21. The molecule has 0 saturated carbocycles. The lowest BCUT2D eigenvalue weighted by Gasteiger charge is -2.20. The van der Waals surface area contributed by atoms with Crippen LogP contribution in [0.1, 0.15) is 70.1 Å². The normalized spacial score (nSPS) is 12.2. The fourth-order valence-corrected chi connectivity index (χ4v) is 2.64. The molecule has 1 atom stereocenters. The quantitative estimate of drug-likeness (QED) is 0.642. The van der Waals surface area contributed by atoms with Crippen molar-refractivity contribution in [2.75, 3.05) is 6.54 Å². The second-order valence-corrected chi connectivity index (χ2v) is 6.19. The van der Waals surface area contributed by atoms with Crippen molar-refractivity contribution in [2.45, 2.75) is 64.6 Å². The third-order valence-corrected chi connectivity index (χ3v) is 3.83. The molecule has 0 radical (unpaired) electrons. The lowest BCUT2D eigenvalue weighted by atomic mass is 9.93. The lowest BCUT2D eigenvalue weighted by molar-refractivity contribution is -0.119. The van der Waals surface area contributed by atoms with Gasteiger partial charge in [-0.2, -0.15) is 0 Å². The number of amides is 1. The largest absolute Gasteiger partial charge is 0.388 e. The molecule has 0 saturated heterocycles. The smallest absolute Gasteiger partial charge is 0.216 e. The molecule has 1 aromatic rings. The first kappa shape index (κ1) is 20.2. The maximum absolute atomic E-state index is 10.9. The summed E-state index contributed by atoms with van der Waals surface area (Å²) in [7, 11) is 0. The van der Waals surface area contributed by atoms with Gasteiger partial charge >= 0.3 is 0 Å². The van der Waals surface area contributed by atoms with Crippen molar-refractivity contribution < 1.29 is 15.0 Å². The van der Waals surface area contributed by atoms with Crippen LogP contribution in [0, 0.1) is 11.8 Å². The first-order valence-corrected chi connectivity index (χ1v) is 8.68. The molecule has 0 aliphatic heterocycles. The molecule has 0 bridgehead atoms. The van der Waals surface area contributed by atoms with E-state index in [1.54, 1.807) is 0 Å². The Balaban J connectivity index is 2.81. The van der Waals surface area contributed by atoms with E-state index in [0.29, 0.717) is 25.8 Å². The minimum atomic E-state index is -0.941. The molecule has 0 aliphatic carbocycles. The Kier molecular flexibility index (Phi) is 8.53. The molecule has 0 spiro atoms. The first-order valence-electron chi connectivity index (χ1n) is 8.68. The van der Waals surface area contributed by atoms with Crippen LogP contribution in [-0.4, -0.2) is 28.3 Å². The maximum Gasteiger partial charge on any atom is 0.216 e. The Hall–Kier alpha value is -1.83. The van der Waals surface area contributed by atoms with E-state index >= 15 is 0 Å². The zero-order valence-corrected chi connectivity index (χ0v) is 14.9. The summed E-state index contributed by atoms with van der Waals surface area (Å²) in [5.74, 6) is 5.95. The van der Waals surface area contributed by atoms with Crippen LogP contribution < -0.4 is 5.32 Å². The van der Waals surface area contributed by atoms with E-state index in [1.807, 2.05) is 38.1 Å². The molecular formula is C20H29NO3. The molecule has 1 rings (SSSR count). The summed E-state index contributed by atoms with van der Waals surface area (Å²) >= 11 is 0. The number of carbonyl (C=O) groups is 1. The second kappa shape index (κ2) is 10.1. The van der Waals surface area contributed by atoms with Crippen LogP contribution >= 0.6 is 0 Å². The predicted molar refractivity (Wildman–Crippen MR) is 96.3 cm³/mol. The highest BCUT2D eigenvalue weighted by molar-refractivity contribution is 5.72. The summed E-state index contributed by atoms with van der Waals surface area (Å²) in [5.41, 5.74) is 0.599. The third-order valence-electron chi connectivity index (χ3n) is 3.83. The molecule has 1 amide bonds. The van der Waals surface area contributed by atoms with E-state index < -0.39 is 11.7 Å². The fourth-order valence-electron chi connectivity index (χ4n) is 2.64. The van der Waals surface area contributed by atoms with Crippen LogP contribution in [0.15, 0.2) is 24.3 Å².